The predicted molar refractivity (Wildman–Crippen MR) is 97.1 cm³/mol. The van der Waals surface area contributed by atoms with Crippen LogP contribution in [0.1, 0.15) is 11.4 Å². The van der Waals surface area contributed by atoms with E-state index in [1.54, 1.807) is 0 Å². The van der Waals surface area contributed by atoms with Gasteiger partial charge in [0.1, 0.15) is 5.82 Å². The molecule has 0 radical (unpaired) electrons. The molecular weight excluding hydrogens is 368 g/mol. The topological polar surface area (TPSA) is 49.6 Å². The SMILES string of the molecule is Cc1nnc2c(N3CC(N(C)Cc4cccc(Br)c4)C3)nccn12. The molecule has 2 aromatic heterocycles. The molecule has 3 heterocycles. The summed E-state index contributed by atoms with van der Waals surface area (Å²) in [7, 11) is 2.18. The van der Waals surface area contributed by atoms with Crippen molar-refractivity contribution in [3.05, 3.63) is 52.5 Å². The molecule has 1 fully saturated rings. The van der Waals surface area contributed by atoms with Gasteiger partial charge in [-0.3, -0.25) is 9.30 Å². The van der Waals surface area contributed by atoms with Crippen LogP contribution in [0.4, 0.5) is 5.82 Å². The number of benzene rings is 1. The first-order valence-corrected chi connectivity index (χ1v) is 8.77. The molecule has 0 aliphatic carbocycles. The van der Waals surface area contributed by atoms with Gasteiger partial charge in [0.25, 0.3) is 0 Å². The number of hydrogen-bond donors (Lipinski definition) is 0. The number of aromatic nitrogens is 4. The molecule has 0 spiro atoms. The Morgan fingerprint density at radius 1 is 1.29 bits per heavy atom. The molecule has 24 heavy (non-hydrogen) atoms. The van der Waals surface area contributed by atoms with Crippen LogP contribution in [-0.2, 0) is 6.54 Å². The summed E-state index contributed by atoms with van der Waals surface area (Å²) in [5, 5.41) is 8.41. The van der Waals surface area contributed by atoms with Crippen LogP contribution < -0.4 is 4.90 Å². The number of likely N-dealkylation sites (N-methyl/N-ethyl adjacent to an activating group) is 1. The van der Waals surface area contributed by atoms with Gasteiger partial charge in [-0.1, -0.05) is 28.1 Å². The molecule has 4 rings (SSSR count). The average molecular weight is 387 g/mol. The van der Waals surface area contributed by atoms with Crippen molar-refractivity contribution in [2.24, 2.45) is 0 Å². The van der Waals surface area contributed by atoms with Gasteiger partial charge in [-0.05, 0) is 31.7 Å². The van der Waals surface area contributed by atoms with E-state index < -0.39 is 0 Å². The number of rotatable bonds is 4. The summed E-state index contributed by atoms with van der Waals surface area (Å²) < 4.78 is 3.11. The molecule has 1 aromatic carbocycles. The van der Waals surface area contributed by atoms with Crippen LogP contribution in [0.3, 0.4) is 0 Å². The number of aryl methyl sites for hydroxylation is 1. The highest BCUT2D eigenvalue weighted by molar-refractivity contribution is 9.10. The summed E-state index contributed by atoms with van der Waals surface area (Å²) >= 11 is 3.54. The van der Waals surface area contributed by atoms with Crippen molar-refractivity contribution in [3.8, 4) is 0 Å². The molecule has 1 aliphatic heterocycles. The molecule has 7 heteroatoms. The Labute approximate surface area is 149 Å². The van der Waals surface area contributed by atoms with Crippen LogP contribution in [0.25, 0.3) is 5.65 Å². The molecule has 1 saturated heterocycles. The van der Waals surface area contributed by atoms with E-state index in [2.05, 4.69) is 72.2 Å². The second-order valence-electron chi connectivity index (χ2n) is 6.30. The lowest BCUT2D eigenvalue weighted by Gasteiger charge is -2.44. The normalized spacial score (nSPS) is 15.2. The van der Waals surface area contributed by atoms with Gasteiger partial charge in [0, 0.05) is 42.5 Å². The lowest BCUT2D eigenvalue weighted by Crippen LogP contribution is -2.58. The smallest absolute Gasteiger partial charge is 0.203 e. The average Bonchev–Trinajstić information content (AvgIpc) is 2.88. The van der Waals surface area contributed by atoms with Crippen molar-refractivity contribution in [1.82, 2.24) is 24.5 Å². The molecule has 0 atom stereocenters. The standard InChI is InChI=1S/C17H19BrN6/c1-12-20-21-17-16(19-6-7-24(12)17)23-10-15(11-23)22(2)9-13-4-3-5-14(18)8-13/h3-8,15H,9-11H2,1-2H3. The molecule has 0 bridgehead atoms. The Morgan fingerprint density at radius 3 is 2.92 bits per heavy atom. The molecular formula is C17H19BrN6. The maximum Gasteiger partial charge on any atom is 0.203 e. The lowest BCUT2D eigenvalue weighted by molar-refractivity contribution is 0.197. The van der Waals surface area contributed by atoms with E-state index in [-0.39, 0.29) is 0 Å². The third-order valence-electron chi connectivity index (χ3n) is 4.58. The van der Waals surface area contributed by atoms with E-state index in [9.17, 15) is 0 Å². The van der Waals surface area contributed by atoms with E-state index >= 15 is 0 Å². The van der Waals surface area contributed by atoms with Crippen molar-refractivity contribution in [2.75, 3.05) is 25.0 Å². The van der Waals surface area contributed by atoms with Crippen LogP contribution in [0, 0.1) is 6.92 Å². The Morgan fingerprint density at radius 2 is 2.12 bits per heavy atom. The van der Waals surface area contributed by atoms with Crippen molar-refractivity contribution >= 4 is 27.4 Å². The Balaban J connectivity index is 1.44. The fourth-order valence-electron chi connectivity index (χ4n) is 3.11. The van der Waals surface area contributed by atoms with Gasteiger partial charge >= 0.3 is 0 Å². The zero-order valence-corrected chi connectivity index (χ0v) is 15.3. The van der Waals surface area contributed by atoms with Gasteiger partial charge in [-0.2, -0.15) is 0 Å². The van der Waals surface area contributed by atoms with Crippen molar-refractivity contribution in [2.45, 2.75) is 19.5 Å². The molecule has 124 valence electrons. The number of halogens is 1. The minimum absolute atomic E-state index is 0.523. The number of fused-ring (bicyclic) bond motifs is 1. The fraction of sp³-hybridized carbons (Fsp3) is 0.353. The van der Waals surface area contributed by atoms with Crippen LogP contribution in [0.2, 0.25) is 0 Å². The highest BCUT2D eigenvalue weighted by Crippen LogP contribution is 2.25. The van der Waals surface area contributed by atoms with Gasteiger partial charge in [-0.15, -0.1) is 10.2 Å². The Hall–Kier alpha value is -1.99. The highest BCUT2D eigenvalue weighted by Gasteiger charge is 2.32. The zero-order chi connectivity index (χ0) is 16.7. The maximum absolute atomic E-state index is 4.51. The van der Waals surface area contributed by atoms with Gasteiger partial charge in [0.15, 0.2) is 5.82 Å². The van der Waals surface area contributed by atoms with Gasteiger partial charge in [-0.25, -0.2) is 4.98 Å². The minimum Gasteiger partial charge on any atom is -0.350 e. The number of hydrogen-bond acceptors (Lipinski definition) is 5. The molecule has 3 aromatic rings. The van der Waals surface area contributed by atoms with E-state index in [0.29, 0.717) is 6.04 Å². The molecule has 6 nitrogen and oxygen atoms in total. The summed E-state index contributed by atoms with van der Waals surface area (Å²) in [5.74, 6) is 1.81. The molecule has 0 amide bonds. The lowest BCUT2D eigenvalue weighted by atomic mass is 10.1. The van der Waals surface area contributed by atoms with E-state index in [4.69, 9.17) is 0 Å². The van der Waals surface area contributed by atoms with Crippen LogP contribution in [0.5, 0.6) is 0 Å². The molecule has 0 saturated carbocycles. The summed E-state index contributed by atoms with van der Waals surface area (Å²) in [6, 6.07) is 9.00. The van der Waals surface area contributed by atoms with E-state index in [1.165, 1.54) is 5.56 Å². The summed E-state index contributed by atoms with van der Waals surface area (Å²) in [5.41, 5.74) is 2.15. The Bertz CT molecular complexity index is 870. The minimum atomic E-state index is 0.523. The third-order valence-corrected chi connectivity index (χ3v) is 5.08. The van der Waals surface area contributed by atoms with Crippen LogP contribution >= 0.6 is 15.9 Å². The third kappa shape index (κ3) is 2.78. The van der Waals surface area contributed by atoms with Gasteiger partial charge in [0.2, 0.25) is 5.65 Å². The molecule has 0 N–H and O–H groups in total. The monoisotopic (exact) mass is 386 g/mol. The van der Waals surface area contributed by atoms with Crippen molar-refractivity contribution in [3.63, 3.8) is 0 Å². The first kappa shape index (κ1) is 15.5. The highest BCUT2D eigenvalue weighted by atomic mass is 79.9. The quantitative estimate of drug-likeness (QED) is 0.689. The predicted octanol–water partition coefficient (Wildman–Crippen LogP) is 2.52. The van der Waals surface area contributed by atoms with Crippen molar-refractivity contribution in [1.29, 1.82) is 0 Å². The molecule has 1 aliphatic rings. The van der Waals surface area contributed by atoms with Gasteiger partial charge in [0.05, 0.1) is 0 Å². The van der Waals surface area contributed by atoms with Gasteiger partial charge < -0.3 is 4.90 Å². The maximum atomic E-state index is 4.51. The van der Waals surface area contributed by atoms with Crippen LogP contribution in [-0.4, -0.2) is 50.7 Å². The zero-order valence-electron chi connectivity index (χ0n) is 13.7. The second kappa shape index (κ2) is 6.14. The van der Waals surface area contributed by atoms with Crippen molar-refractivity contribution < 1.29 is 0 Å². The van der Waals surface area contributed by atoms with E-state index in [1.807, 2.05) is 23.7 Å². The summed E-state index contributed by atoms with van der Waals surface area (Å²) in [4.78, 5) is 9.18. The van der Waals surface area contributed by atoms with E-state index in [0.717, 1.165) is 41.4 Å². The number of nitrogens with zero attached hydrogens (tertiary/aromatic N) is 6. The summed E-state index contributed by atoms with van der Waals surface area (Å²) in [6.07, 6.45) is 3.72. The molecule has 0 unspecified atom stereocenters. The Kier molecular flexibility index (Phi) is 3.97. The largest absolute Gasteiger partial charge is 0.350 e. The number of anilines is 1. The van der Waals surface area contributed by atoms with Crippen LogP contribution in [0.15, 0.2) is 41.1 Å². The second-order valence-corrected chi connectivity index (χ2v) is 7.21. The summed E-state index contributed by atoms with van der Waals surface area (Å²) in [6.45, 7) is 4.82. The first-order chi connectivity index (χ1) is 11.6. The first-order valence-electron chi connectivity index (χ1n) is 7.98. The fourth-order valence-corrected chi connectivity index (χ4v) is 3.56.